The van der Waals surface area contributed by atoms with Gasteiger partial charge in [0, 0.05) is 6.54 Å². The van der Waals surface area contributed by atoms with E-state index < -0.39 is 12.0 Å². The summed E-state index contributed by atoms with van der Waals surface area (Å²) in [7, 11) is 1.66. The number of nitrogens with two attached hydrogens (primary N) is 1. The number of rotatable bonds is 3. The van der Waals surface area contributed by atoms with Gasteiger partial charge in [-0.3, -0.25) is 4.79 Å². The number of carboxylic acids is 1. The summed E-state index contributed by atoms with van der Waals surface area (Å²) >= 11 is 0. The van der Waals surface area contributed by atoms with Crippen molar-refractivity contribution in [2.45, 2.75) is 6.04 Å². The van der Waals surface area contributed by atoms with E-state index >= 15 is 0 Å². The van der Waals surface area contributed by atoms with Crippen molar-refractivity contribution in [2.75, 3.05) is 13.6 Å². The van der Waals surface area contributed by atoms with E-state index in [9.17, 15) is 4.79 Å². The fourth-order valence-corrected chi connectivity index (χ4v) is 0.307. The molecule has 0 aromatic carbocycles. The molecule has 0 amide bonds. The molecule has 48 valence electrons. The first-order valence-corrected chi connectivity index (χ1v) is 2.31. The van der Waals surface area contributed by atoms with Crippen molar-refractivity contribution in [1.29, 1.82) is 0 Å². The fourth-order valence-electron chi connectivity index (χ4n) is 0.307. The lowest BCUT2D eigenvalue weighted by atomic mass is 10.3. The number of likely N-dealkylation sites (N-methyl/N-ethyl adjacent to an activating group) is 1. The lowest BCUT2D eigenvalue weighted by Crippen LogP contribution is -2.38. The summed E-state index contributed by atoms with van der Waals surface area (Å²) in [5.74, 6) is -0.973. The van der Waals surface area contributed by atoms with Crippen LogP contribution >= 0.6 is 0 Å². The molecule has 0 unspecified atom stereocenters. The monoisotopic (exact) mass is 118 g/mol. The van der Waals surface area contributed by atoms with Crippen LogP contribution in [0.3, 0.4) is 0 Å². The summed E-state index contributed by atoms with van der Waals surface area (Å²) in [6.07, 6.45) is 0. The number of hydrogen-bond acceptors (Lipinski definition) is 3. The predicted octanol–water partition coefficient (Wildman–Crippen LogP) is -1.38. The van der Waals surface area contributed by atoms with Crippen LogP contribution in [0.1, 0.15) is 0 Å². The Hall–Kier alpha value is -0.610. The van der Waals surface area contributed by atoms with Crippen LogP contribution in [0.5, 0.6) is 0 Å². The van der Waals surface area contributed by atoms with Crippen LogP contribution in [0.4, 0.5) is 0 Å². The molecule has 0 aliphatic rings. The van der Waals surface area contributed by atoms with Crippen molar-refractivity contribution in [2.24, 2.45) is 5.73 Å². The molecule has 0 aliphatic heterocycles. The number of nitrogens with one attached hydrogen (secondary N) is 1. The highest BCUT2D eigenvalue weighted by Crippen LogP contribution is 1.71. The smallest absolute Gasteiger partial charge is 0.321 e. The zero-order valence-electron chi connectivity index (χ0n) is 4.72. The Morgan fingerprint density at radius 2 is 2.50 bits per heavy atom. The second-order valence-electron chi connectivity index (χ2n) is 1.50. The molecule has 0 aliphatic carbocycles. The van der Waals surface area contributed by atoms with Gasteiger partial charge >= 0.3 is 5.97 Å². The third-order valence-electron chi connectivity index (χ3n) is 0.741. The lowest BCUT2D eigenvalue weighted by Gasteiger charge is -2.02. The van der Waals surface area contributed by atoms with Gasteiger partial charge in [0.2, 0.25) is 0 Å². The molecule has 0 spiro atoms. The molecule has 0 saturated heterocycles. The quantitative estimate of drug-likeness (QED) is 0.427. The summed E-state index contributed by atoms with van der Waals surface area (Å²) in [6, 6.07) is -0.778. The summed E-state index contributed by atoms with van der Waals surface area (Å²) in [5.41, 5.74) is 5.06. The molecule has 0 bridgehead atoms. The van der Waals surface area contributed by atoms with Crippen molar-refractivity contribution in [3.63, 3.8) is 0 Å². The SMILES string of the molecule is CNC[C@@H](N)C(=O)O. The highest BCUT2D eigenvalue weighted by molar-refractivity contribution is 5.73. The lowest BCUT2D eigenvalue weighted by molar-refractivity contribution is -0.138. The minimum absolute atomic E-state index is 0.315. The highest BCUT2D eigenvalue weighted by atomic mass is 16.4. The molecule has 0 rings (SSSR count). The van der Waals surface area contributed by atoms with Crippen molar-refractivity contribution in [3.8, 4) is 0 Å². The molecular weight excluding hydrogens is 108 g/mol. The minimum Gasteiger partial charge on any atom is -0.480 e. The van der Waals surface area contributed by atoms with Crippen LogP contribution < -0.4 is 11.1 Å². The number of carboxylic acid groups (broad SMARTS) is 1. The largest absolute Gasteiger partial charge is 0.480 e. The van der Waals surface area contributed by atoms with Gasteiger partial charge in [-0.1, -0.05) is 0 Å². The summed E-state index contributed by atoms with van der Waals surface area (Å²) in [4.78, 5) is 9.92. The average Bonchev–Trinajstić information content (AvgIpc) is 1.67. The van der Waals surface area contributed by atoms with Gasteiger partial charge in [-0.05, 0) is 7.05 Å². The van der Waals surface area contributed by atoms with Crippen molar-refractivity contribution in [1.82, 2.24) is 5.32 Å². The van der Waals surface area contributed by atoms with Crippen LogP contribution in [0, 0.1) is 0 Å². The Balaban J connectivity index is 3.32. The van der Waals surface area contributed by atoms with Gasteiger partial charge in [0.05, 0.1) is 0 Å². The van der Waals surface area contributed by atoms with Crippen molar-refractivity contribution >= 4 is 5.97 Å². The third kappa shape index (κ3) is 2.54. The van der Waals surface area contributed by atoms with Crippen molar-refractivity contribution in [3.05, 3.63) is 0 Å². The van der Waals surface area contributed by atoms with E-state index in [0.717, 1.165) is 0 Å². The second-order valence-corrected chi connectivity index (χ2v) is 1.50. The first-order chi connectivity index (χ1) is 3.68. The van der Waals surface area contributed by atoms with E-state index in [1.54, 1.807) is 7.05 Å². The highest BCUT2D eigenvalue weighted by Gasteiger charge is 2.07. The molecule has 0 radical (unpaired) electrons. The Kier molecular flexibility index (Phi) is 3.14. The van der Waals surface area contributed by atoms with E-state index in [2.05, 4.69) is 5.32 Å². The molecule has 0 fully saturated rings. The van der Waals surface area contributed by atoms with Crippen LogP contribution in [0.25, 0.3) is 0 Å². The van der Waals surface area contributed by atoms with E-state index in [0.29, 0.717) is 6.54 Å². The first kappa shape index (κ1) is 7.39. The third-order valence-corrected chi connectivity index (χ3v) is 0.741. The summed E-state index contributed by atoms with van der Waals surface area (Å²) in [5, 5.41) is 10.8. The molecule has 0 heterocycles. The van der Waals surface area contributed by atoms with Crippen LogP contribution in [-0.4, -0.2) is 30.7 Å². The Bertz CT molecular complexity index is 84.1. The fraction of sp³-hybridized carbons (Fsp3) is 0.750. The van der Waals surface area contributed by atoms with Crippen LogP contribution in [-0.2, 0) is 4.79 Å². The number of aliphatic carboxylic acids is 1. The van der Waals surface area contributed by atoms with Crippen LogP contribution in [0.15, 0.2) is 0 Å². The molecule has 0 saturated carbocycles. The zero-order valence-corrected chi connectivity index (χ0v) is 4.72. The van der Waals surface area contributed by atoms with Gasteiger partial charge in [-0.15, -0.1) is 0 Å². The molecule has 4 N–H and O–H groups in total. The molecule has 4 heteroatoms. The Morgan fingerprint density at radius 1 is 2.00 bits per heavy atom. The molecule has 4 nitrogen and oxygen atoms in total. The van der Waals surface area contributed by atoms with E-state index in [-0.39, 0.29) is 0 Å². The van der Waals surface area contributed by atoms with Gasteiger partial charge in [0.25, 0.3) is 0 Å². The van der Waals surface area contributed by atoms with Gasteiger partial charge in [-0.25, -0.2) is 0 Å². The summed E-state index contributed by atoms with van der Waals surface area (Å²) in [6.45, 7) is 0.315. The maximum Gasteiger partial charge on any atom is 0.321 e. The predicted molar refractivity (Wildman–Crippen MR) is 29.5 cm³/mol. The number of hydrogen-bond donors (Lipinski definition) is 3. The topological polar surface area (TPSA) is 75.3 Å². The van der Waals surface area contributed by atoms with Crippen LogP contribution in [0.2, 0.25) is 0 Å². The molecule has 8 heavy (non-hydrogen) atoms. The second kappa shape index (κ2) is 3.40. The maximum absolute atomic E-state index is 9.92. The van der Waals surface area contributed by atoms with E-state index in [1.165, 1.54) is 0 Å². The minimum atomic E-state index is -0.973. The average molecular weight is 118 g/mol. The van der Waals surface area contributed by atoms with Gasteiger partial charge in [0.15, 0.2) is 0 Å². The zero-order chi connectivity index (χ0) is 6.57. The molecule has 0 aromatic heterocycles. The first-order valence-electron chi connectivity index (χ1n) is 2.31. The van der Waals surface area contributed by atoms with Crippen molar-refractivity contribution < 1.29 is 9.90 Å². The normalized spacial score (nSPS) is 13.2. The van der Waals surface area contributed by atoms with Gasteiger partial charge < -0.3 is 16.2 Å². The molecule has 0 aromatic rings. The number of carbonyl (C=O) groups is 1. The Morgan fingerprint density at radius 3 is 2.62 bits per heavy atom. The Labute approximate surface area is 47.7 Å². The summed E-state index contributed by atoms with van der Waals surface area (Å²) < 4.78 is 0. The molecular formula is C4H10N2O2. The van der Waals surface area contributed by atoms with Gasteiger partial charge in [0.1, 0.15) is 6.04 Å². The maximum atomic E-state index is 9.92. The van der Waals surface area contributed by atoms with E-state index in [1.807, 2.05) is 0 Å². The molecule has 1 atom stereocenters. The standard InChI is InChI=1S/C4H10N2O2/c1-6-2-3(5)4(7)8/h3,6H,2,5H2,1H3,(H,7,8)/t3-/m1/s1. The van der Waals surface area contributed by atoms with E-state index in [4.69, 9.17) is 10.8 Å². The van der Waals surface area contributed by atoms with Gasteiger partial charge in [-0.2, -0.15) is 0 Å².